The first-order chi connectivity index (χ1) is 21.0. The van der Waals surface area contributed by atoms with Crippen molar-refractivity contribution in [2.45, 2.75) is 37.9 Å². The molecule has 2 heterocycles. The van der Waals surface area contributed by atoms with Gasteiger partial charge in [-0.1, -0.05) is 24.3 Å². The van der Waals surface area contributed by atoms with Crippen molar-refractivity contribution in [2.75, 3.05) is 58.1 Å². The lowest BCUT2D eigenvalue weighted by atomic mass is 9.87. The van der Waals surface area contributed by atoms with Gasteiger partial charge < -0.3 is 33.9 Å². The Bertz CT molecular complexity index is 1360. The molecule has 0 saturated carbocycles. The van der Waals surface area contributed by atoms with Crippen LogP contribution in [0.15, 0.2) is 60.7 Å². The third-order valence-corrected chi connectivity index (χ3v) is 7.63. The van der Waals surface area contributed by atoms with Crippen LogP contribution < -0.4 is 24.4 Å². The summed E-state index contributed by atoms with van der Waals surface area (Å²) >= 11 is 0. The van der Waals surface area contributed by atoms with E-state index in [0.29, 0.717) is 38.5 Å². The summed E-state index contributed by atoms with van der Waals surface area (Å²) < 4.78 is 55.4. The van der Waals surface area contributed by atoms with Gasteiger partial charge >= 0.3 is 0 Å². The quantitative estimate of drug-likeness (QED) is 0.255. The highest BCUT2D eigenvalue weighted by atomic mass is 19.2. The van der Waals surface area contributed by atoms with Crippen LogP contribution in [0.2, 0.25) is 0 Å². The molecule has 2 aliphatic rings. The Morgan fingerprint density at radius 2 is 1.84 bits per heavy atom. The SMILES string of the molecule is COCCCN1C(=O)COc2ccc(COC3CNCCC3c3ccc(OCCCOc4cccc(F)c4F)cc3)cc21. The lowest BCUT2D eigenvalue weighted by Crippen LogP contribution is -2.41. The summed E-state index contributed by atoms with van der Waals surface area (Å²) in [4.78, 5) is 14.3. The molecule has 0 spiro atoms. The Labute approximate surface area is 250 Å². The minimum Gasteiger partial charge on any atom is -0.493 e. The number of hydrogen-bond donors (Lipinski definition) is 1. The van der Waals surface area contributed by atoms with Crippen molar-refractivity contribution in [1.29, 1.82) is 0 Å². The standard InChI is InChI=1S/C33H38F2N2O6/c1-39-16-3-15-37-28-19-23(7-12-29(28)43-22-32(37)38)21-42-31-20-36-14-13-26(31)24-8-10-25(11-9-24)40-17-4-18-41-30-6-2-5-27(34)33(30)35/h2,5-12,19,26,31,36H,3-4,13-18,20-22H2,1H3. The highest BCUT2D eigenvalue weighted by molar-refractivity contribution is 5.97. The van der Waals surface area contributed by atoms with Gasteiger partial charge in [0.25, 0.3) is 5.91 Å². The van der Waals surface area contributed by atoms with Gasteiger partial charge in [-0.05, 0) is 66.9 Å². The normalized spacial score (nSPS) is 18.2. The Kier molecular flexibility index (Phi) is 10.8. The summed E-state index contributed by atoms with van der Waals surface area (Å²) in [5, 5.41) is 3.44. The van der Waals surface area contributed by atoms with Crippen molar-refractivity contribution in [3.05, 3.63) is 83.4 Å². The van der Waals surface area contributed by atoms with E-state index in [1.165, 1.54) is 17.7 Å². The number of carbonyl (C=O) groups excluding carboxylic acids is 1. The second-order valence-corrected chi connectivity index (χ2v) is 10.6. The molecule has 2 aliphatic heterocycles. The van der Waals surface area contributed by atoms with Gasteiger partial charge in [-0.25, -0.2) is 4.39 Å². The minimum atomic E-state index is -0.978. The maximum absolute atomic E-state index is 13.7. The predicted molar refractivity (Wildman–Crippen MR) is 158 cm³/mol. The van der Waals surface area contributed by atoms with Crippen molar-refractivity contribution in [1.82, 2.24) is 5.32 Å². The lowest BCUT2D eigenvalue weighted by Gasteiger charge is -2.33. The molecule has 5 rings (SSSR count). The molecule has 1 fully saturated rings. The molecular formula is C33H38F2N2O6. The molecule has 1 N–H and O–H groups in total. The zero-order chi connectivity index (χ0) is 30.0. The van der Waals surface area contributed by atoms with E-state index < -0.39 is 11.6 Å². The van der Waals surface area contributed by atoms with Crippen LogP contribution in [0.25, 0.3) is 0 Å². The summed E-state index contributed by atoms with van der Waals surface area (Å²) in [6, 6.07) is 17.8. The molecule has 2 atom stereocenters. The van der Waals surface area contributed by atoms with Gasteiger partial charge in [-0.3, -0.25) is 4.79 Å². The van der Waals surface area contributed by atoms with E-state index in [1.54, 1.807) is 12.0 Å². The van der Waals surface area contributed by atoms with Crippen LogP contribution in [0.1, 0.15) is 36.3 Å². The van der Waals surface area contributed by atoms with E-state index in [9.17, 15) is 13.6 Å². The van der Waals surface area contributed by atoms with Crippen molar-refractivity contribution in [3.63, 3.8) is 0 Å². The average molecular weight is 597 g/mol. The van der Waals surface area contributed by atoms with Crippen molar-refractivity contribution in [2.24, 2.45) is 0 Å². The molecule has 3 aromatic rings. The van der Waals surface area contributed by atoms with Gasteiger partial charge in [0.05, 0.1) is 31.6 Å². The second kappa shape index (κ2) is 15.1. The first kappa shape index (κ1) is 30.7. The van der Waals surface area contributed by atoms with Gasteiger partial charge in [-0.15, -0.1) is 0 Å². The summed E-state index contributed by atoms with van der Waals surface area (Å²) in [6.45, 7) is 3.86. The van der Waals surface area contributed by atoms with Crippen LogP contribution in [-0.2, 0) is 20.9 Å². The topological polar surface area (TPSA) is 78.5 Å². The second-order valence-electron chi connectivity index (χ2n) is 10.6. The fraction of sp³-hybridized carbons (Fsp3) is 0.424. The molecule has 10 heteroatoms. The fourth-order valence-electron chi connectivity index (χ4n) is 5.38. The summed E-state index contributed by atoms with van der Waals surface area (Å²) in [5.41, 5.74) is 2.93. The molecule has 2 unspecified atom stereocenters. The third kappa shape index (κ3) is 8.01. The monoisotopic (exact) mass is 596 g/mol. The lowest BCUT2D eigenvalue weighted by molar-refractivity contribution is -0.121. The number of fused-ring (bicyclic) bond motifs is 1. The minimum absolute atomic E-state index is 0.0207. The van der Waals surface area contributed by atoms with Gasteiger partial charge in [0.1, 0.15) is 11.5 Å². The Hall–Kier alpha value is -3.73. The zero-order valence-corrected chi connectivity index (χ0v) is 24.4. The molecule has 230 valence electrons. The Morgan fingerprint density at radius 1 is 1.00 bits per heavy atom. The molecule has 1 amide bonds. The molecule has 0 radical (unpaired) electrons. The highest BCUT2D eigenvalue weighted by Gasteiger charge is 2.28. The van der Waals surface area contributed by atoms with Gasteiger partial charge in [0.15, 0.2) is 18.2 Å². The molecule has 8 nitrogen and oxygen atoms in total. The van der Waals surface area contributed by atoms with E-state index in [0.717, 1.165) is 49.0 Å². The van der Waals surface area contributed by atoms with Crippen LogP contribution >= 0.6 is 0 Å². The number of ether oxygens (including phenoxy) is 5. The number of carbonyl (C=O) groups is 1. The Morgan fingerprint density at radius 3 is 2.67 bits per heavy atom. The van der Waals surface area contributed by atoms with E-state index >= 15 is 0 Å². The van der Waals surface area contributed by atoms with Crippen molar-refractivity contribution >= 4 is 11.6 Å². The zero-order valence-electron chi connectivity index (χ0n) is 24.4. The molecule has 3 aromatic carbocycles. The largest absolute Gasteiger partial charge is 0.493 e. The predicted octanol–water partition coefficient (Wildman–Crippen LogP) is 5.24. The summed E-state index contributed by atoms with van der Waals surface area (Å²) in [6.07, 6.45) is 2.19. The van der Waals surface area contributed by atoms with Crippen LogP contribution in [0, 0.1) is 11.6 Å². The number of nitrogens with zero attached hydrogens (tertiary/aromatic N) is 1. The molecule has 43 heavy (non-hydrogen) atoms. The number of anilines is 1. The van der Waals surface area contributed by atoms with Gasteiger partial charge in [0.2, 0.25) is 5.82 Å². The van der Waals surface area contributed by atoms with Crippen LogP contribution in [0.4, 0.5) is 14.5 Å². The molecule has 1 saturated heterocycles. The summed E-state index contributed by atoms with van der Waals surface area (Å²) in [5.74, 6) is -0.410. The third-order valence-electron chi connectivity index (χ3n) is 7.63. The van der Waals surface area contributed by atoms with E-state index in [2.05, 4.69) is 17.4 Å². The number of benzene rings is 3. The smallest absolute Gasteiger partial charge is 0.265 e. The average Bonchev–Trinajstić information content (AvgIpc) is 3.03. The maximum Gasteiger partial charge on any atom is 0.265 e. The van der Waals surface area contributed by atoms with E-state index in [-0.39, 0.29) is 36.9 Å². The van der Waals surface area contributed by atoms with Crippen LogP contribution in [-0.4, -0.2) is 65.2 Å². The van der Waals surface area contributed by atoms with Gasteiger partial charge in [-0.2, -0.15) is 4.39 Å². The van der Waals surface area contributed by atoms with E-state index in [1.807, 2.05) is 30.3 Å². The van der Waals surface area contributed by atoms with Crippen LogP contribution in [0.5, 0.6) is 17.2 Å². The number of piperidine rings is 1. The Balaban J connectivity index is 1.13. The molecular weight excluding hydrogens is 558 g/mol. The van der Waals surface area contributed by atoms with Crippen molar-refractivity contribution in [3.8, 4) is 17.2 Å². The van der Waals surface area contributed by atoms with E-state index in [4.69, 9.17) is 23.7 Å². The number of hydrogen-bond acceptors (Lipinski definition) is 7. The number of amides is 1. The van der Waals surface area contributed by atoms with Crippen molar-refractivity contribution < 1.29 is 37.3 Å². The first-order valence-corrected chi connectivity index (χ1v) is 14.7. The summed E-state index contributed by atoms with van der Waals surface area (Å²) in [7, 11) is 1.65. The maximum atomic E-state index is 13.7. The number of nitrogens with one attached hydrogen (secondary N) is 1. The number of halogens is 2. The van der Waals surface area contributed by atoms with Crippen LogP contribution in [0.3, 0.4) is 0 Å². The fourth-order valence-corrected chi connectivity index (χ4v) is 5.38. The molecule has 0 aromatic heterocycles. The number of rotatable bonds is 14. The molecule has 0 aliphatic carbocycles. The highest BCUT2D eigenvalue weighted by Crippen LogP contribution is 2.34. The number of methoxy groups -OCH3 is 1. The first-order valence-electron chi connectivity index (χ1n) is 14.7. The molecule has 0 bridgehead atoms. The van der Waals surface area contributed by atoms with Gasteiger partial charge in [0, 0.05) is 39.1 Å².